The average molecular weight is 334 g/mol. The van der Waals surface area contributed by atoms with Gasteiger partial charge in [0.25, 0.3) is 0 Å². The SMILES string of the molecule is CN(CCc1nc2ccc(F)cc2[nH]1)C(=O)CN1CCCC(O)C1. The number of aromatic amines is 1. The van der Waals surface area contributed by atoms with Gasteiger partial charge in [0, 0.05) is 26.6 Å². The molecule has 1 aliphatic rings. The lowest BCUT2D eigenvalue weighted by molar-refractivity contribution is -0.131. The maximum absolute atomic E-state index is 13.2. The van der Waals surface area contributed by atoms with Crippen LogP contribution in [0, 0.1) is 5.82 Å². The second kappa shape index (κ2) is 7.27. The van der Waals surface area contributed by atoms with E-state index in [1.165, 1.54) is 12.1 Å². The van der Waals surface area contributed by atoms with Crippen LogP contribution in [-0.2, 0) is 11.2 Å². The molecule has 2 N–H and O–H groups in total. The number of H-pyrrole nitrogens is 1. The van der Waals surface area contributed by atoms with Crippen LogP contribution in [0.3, 0.4) is 0 Å². The highest BCUT2D eigenvalue weighted by atomic mass is 19.1. The van der Waals surface area contributed by atoms with Crippen LogP contribution in [0.15, 0.2) is 18.2 Å². The van der Waals surface area contributed by atoms with Gasteiger partial charge < -0.3 is 15.0 Å². The summed E-state index contributed by atoms with van der Waals surface area (Å²) in [5.41, 5.74) is 1.39. The fraction of sp³-hybridized carbons (Fsp3) is 0.529. The molecular formula is C17H23FN4O2. The summed E-state index contributed by atoms with van der Waals surface area (Å²) in [6.07, 6.45) is 2.00. The van der Waals surface area contributed by atoms with Gasteiger partial charge in [-0.1, -0.05) is 0 Å². The van der Waals surface area contributed by atoms with Crippen LogP contribution in [-0.4, -0.2) is 70.1 Å². The van der Waals surface area contributed by atoms with Gasteiger partial charge in [-0.2, -0.15) is 0 Å². The average Bonchev–Trinajstić information content (AvgIpc) is 2.94. The first-order valence-electron chi connectivity index (χ1n) is 8.30. The first-order chi connectivity index (χ1) is 11.5. The Morgan fingerprint density at radius 2 is 2.38 bits per heavy atom. The van der Waals surface area contributed by atoms with Crippen molar-refractivity contribution in [1.82, 2.24) is 19.8 Å². The number of likely N-dealkylation sites (N-methyl/N-ethyl adjacent to an activating group) is 1. The maximum atomic E-state index is 13.2. The smallest absolute Gasteiger partial charge is 0.236 e. The van der Waals surface area contributed by atoms with E-state index in [0.29, 0.717) is 31.6 Å². The van der Waals surface area contributed by atoms with Gasteiger partial charge >= 0.3 is 0 Å². The van der Waals surface area contributed by atoms with Crippen LogP contribution < -0.4 is 0 Å². The van der Waals surface area contributed by atoms with Crippen molar-refractivity contribution >= 4 is 16.9 Å². The van der Waals surface area contributed by atoms with Crippen LogP contribution >= 0.6 is 0 Å². The molecule has 1 aliphatic heterocycles. The second-order valence-corrected chi connectivity index (χ2v) is 6.44. The number of halogens is 1. The summed E-state index contributed by atoms with van der Waals surface area (Å²) in [5.74, 6) is 0.476. The topological polar surface area (TPSA) is 72.5 Å². The van der Waals surface area contributed by atoms with Crippen molar-refractivity contribution < 1.29 is 14.3 Å². The number of likely N-dealkylation sites (tertiary alicyclic amines) is 1. The third kappa shape index (κ3) is 4.10. The molecule has 1 atom stereocenters. The van der Waals surface area contributed by atoms with E-state index in [4.69, 9.17) is 0 Å². The Morgan fingerprint density at radius 1 is 1.54 bits per heavy atom. The lowest BCUT2D eigenvalue weighted by Gasteiger charge is -2.30. The summed E-state index contributed by atoms with van der Waals surface area (Å²) >= 11 is 0. The van der Waals surface area contributed by atoms with Crippen molar-refractivity contribution in [2.24, 2.45) is 0 Å². The Labute approximate surface area is 140 Å². The Morgan fingerprint density at radius 3 is 3.17 bits per heavy atom. The summed E-state index contributed by atoms with van der Waals surface area (Å²) < 4.78 is 13.2. The van der Waals surface area contributed by atoms with Gasteiger partial charge in [-0.25, -0.2) is 9.37 Å². The highest BCUT2D eigenvalue weighted by Gasteiger charge is 2.21. The fourth-order valence-corrected chi connectivity index (χ4v) is 3.04. The lowest BCUT2D eigenvalue weighted by atomic mass is 10.1. The van der Waals surface area contributed by atoms with Crippen molar-refractivity contribution in [1.29, 1.82) is 0 Å². The van der Waals surface area contributed by atoms with E-state index in [-0.39, 0.29) is 17.8 Å². The minimum atomic E-state index is -0.326. The van der Waals surface area contributed by atoms with Crippen LogP contribution in [0.4, 0.5) is 4.39 Å². The molecule has 7 heteroatoms. The van der Waals surface area contributed by atoms with E-state index in [9.17, 15) is 14.3 Å². The molecule has 1 fully saturated rings. The van der Waals surface area contributed by atoms with E-state index in [2.05, 4.69) is 9.97 Å². The van der Waals surface area contributed by atoms with Crippen LogP contribution in [0.5, 0.6) is 0 Å². The van der Waals surface area contributed by atoms with Crippen molar-refractivity contribution in [3.8, 4) is 0 Å². The molecule has 0 aliphatic carbocycles. The first kappa shape index (κ1) is 16.9. The molecule has 0 radical (unpaired) electrons. The number of amides is 1. The Hall–Kier alpha value is -1.99. The van der Waals surface area contributed by atoms with E-state index in [0.717, 1.165) is 30.7 Å². The van der Waals surface area contributed by atoms with Gasteiger partial charge in [-0.3, -0.25) is 9.69 Å². The number of hydrogen-bond donors (Lipinski definition) is 2. The molecule has 1 unspecified atom stereocenters. The van der Waals surface area contributed by atoms with Gasteiger partial charge in [0.15, 0.2) is 0 Å². The number of piperidine rings is 1. The third-order valence-corrected chi connectivity index (χ3v) is 4.44. The molecule has 1 aromatic carbocycles. The predicted octanol–water partition coefficient (Wildman–Crippen LogP) is 1.16. The van der Waals surface area contributed by atoms with Crippen molar-refractivity contribution in [2.75, 3.05) is 33.2 Å². The predicted molar refractivity (Wildman–Crippen MR) is 89.1 cm³/mol. The van der Waals surface area contributed by atoms with E-state index in [1.54, 1.807) is 18.0 Å². The molecule has 3 rings (SSSR count). The molecule has 1 aromatic heterocycles. The van der Waals surface area contributed by atoms with E-state index in [1.807, 2.05) is 4.90 Å². The van der Waals surface area contributed by atoms with Gasteiger partial charge in [0.2, 0.25) is 5.91 Å². The number of aliphatic hydroxyl groups excluding tert-OH is 1. The molecule has 6 nitrogen and oxygen atoms in total. The highest BCUT2D eigenvalue weighted by Crippen LogP contribution is 2.13. The molecule has 0 saturated carbocycles. The van der Waals surface area contributed by atoms with Crippen molar-refractivity contribution in [2.45, 2.75) is 25.4 Å². The zero-order chi connectivity index (χ0) is 17.1. The summed E-state index contributed by atoms with van der Waals surface area (Å²) in [6, 6.07) is 4.44. The lowest BCUT2D eigenvalue weighted by Crippen LogP contribution is -2.45. The summed E-state index contributed by atoms with van der Waals surface area (Å²) in [7, 11) is 1.77. The Bertz CT molecular complexity index is 718. The zero-order valence-corrected chi connectivity index (χ0v) is 13.8. The summed E-state index contributed by atoms with van der Waals surface area (Å²) in [5, 5.41) is 9.67. The number of hydrogen-bond acceptors (Lipinski definition) is 4. The van der Waals surface area contributed by atoms with E-state index < -0.39 is 0 Å². The Balaban J connectivity index is 1.52. The van der Waals surface area contributed by atoms with Gasteiger partial charge in [-0.15, -0.1) is 0 Å². The number of β-amino-alcohol motifs (C(OH)–C–C–N with tert-alkyl or cyclic N) is 1. The van der Waals surface area contributed by atoms with Crippen LogP contribution in [0.25, 0.3) is 11.0 Å². The number of aromatic nitrogens is 2. The number of carbonyl (C=O) groups is 1. The highest BCUT2D eigenvalue weighted by molar-refractivity contribution is 5.78. The standard InChI is InChI=1S/C17H23FN4O2/c1-21(17(24)11-22-7-2-3-13(23)10-22)8-6-16-19-14-5-4-12(18)9-15(14)20-16/h4-5,9,13,23H,2-3,6-8,10-11H2,1H3,(H,19,20). The molecule has 1 saturated heterocycles. The number of carbonyl (C=O) groups excluding carboxylic acids is 1. The summed E-state index contributed by atoms with van der Waals surface area (Å²) in [4.78, 5) is 23.4. The number of benzene rings is 1. The largest absolute Gasteiger partial charge is 0.392 e. The van der Waals surface area contributed by atoms with Gasteiger partial charge in [-0.05, 0) is 37.6 Å². The number of nitrogens with zero attached hydrogens (tertiary/aromatic N) is 3. The number of imidazole rings is 1. The fourth-order valence-electron chi connectivity index (χ4n) is 3.04. The minimum Gasteiger partial charge on any atom is -0.392 e. The normalized spacial score (nSPS) is 18.9. The Kier molecular flexibility index (Phi) is 5.11. The number of rotatable bonds is 5. The number of aliphatic hydroxyl groups is 1. The third-order valence-electron chi connectivity index (χ3n) is 4.44. The number of fused-ring (bicyclic) bond motifs is 1. The van der Waals surface area contributed by atoms with Crippen molar-refractivity contribution in [3.63, 3.8) is 0 Å². The first-order valence-corrected chi connectivity index (χ1v) is 8.30. The molecule has 1 amide bonds. The summed E-state index contributed by atoms with van der Waals surface area (Å²) in [6.45, 7) is 2.29. The molecule has 2 aromatic rings. The van der Waals surface area contributed by atoms with Crippen LogP contribution in [0.1, 0.15) is 18.7 Å². The quantitative estimate of drug-likeness (QED) is 0.861. The molecule has 2 heterocycles. The molecule has 0 bridgehead atoms. The molecule has 130 valence electrons. The molecule has 24 heavy (non-hydrogen) atoms. The second-order valence-electron chi connectivity index (χ2n) is 6.44. The monoisotopic (exact) mass is 334 g/mol. The van der Waals surface area contributed by atoms with Crippen LogP contribution in [0.2, 0.25) is 0 Å². The minimum absolute atomic E-state index is 0.0336. The molecular weight excluding hydrogens is 311 g/mol. The van der Waals surface area contributed by atoms with Gasteiger partial charge in [0.05, 0.1) is 23.7 Å². The van der Waals surface area contributed by atoms with Crippen molar-refractivity contribution in [3.05, 3.63) is 29.8 Å². The number of nitrogens with one attached hydrogen (secondary N) is 1. The molecule has 0 spiro atoms. The van der Waals surface area contributed by atoms with Gasteiger partial charge in [0.1, 0.15) is 11.6 Å². The van der Waals surface area contributed by atoms with E-state index >= 15 is 0 Å². The zero-order valence-electron chi connectivity index (χ0n) is 13.8. The maximum Gasteiger partial charge on any atom is 0.236 e.